The summed E-state index contributed by atoms with van der Waals surface area (Å²) in [5.41, 5.74) is 2.92. The summed E-state index contributed by atoms with van der Waals surface area (Å²) in [6.07, 6.45) is 3.27. The van der Waals surface area contributed by atoms with Crippen LogP contribution in [-0.4, -0.2) is 56.6 Å². The van der Waals surface area contributed by atoms with E-state index in [2.05, 4.69) is 25.5 Å². The van der Waals surface area contributed by atoms with Crippen molar-refractivity contribution in [3.63, 3.8) is 0 Å². The van der Waals surface area contributed by atoms with Crippen molar-refractivity contribution in [2.24, 2.45) is 5.41 Å². The molecule has 2 saturated heterocycles. The fourth-order valence-electron chi connectivity index (χ4n) is 4.02. The zero-order valence-electron chi connectivity index (χ0n) is 16.9. The Balaban J connectivity index is 1.34. The van der Waals surface area contributed by atoms with E-state index in [1.54, 1.807) is 35.1 Å². The molecule has 5 heterocycles. The highest BCUT2D eigenvalue weighted by molar-refractivity contribution is 5.90. The van der Waals surface area contributed by atoms with Gasteiger partial charge in [0.1, 0.15) is 12.9 Å². The fraction of sp³-hybridized carbons (Fsp3) is 0.450. The second-order valence-electron chi connectivity index (χ2n) is 8.48. The SMILES string of the molecule is CC(C)c1nn(CC(=O)Nc2ccc3nncn3c2)c(=O)cc1N1CC2(COC2)C1. The molecule has 2 aliphatic heterocycles. The van der Waals surface area contributed by atoms with E-state index >= 15 is 0 Å². The lowest BCUT2D eigenvalue weighted by Gasteiger charge is -2.56. The highest BCUT2D eigenvalue weighted by atomic mass is 16.5. The van der Waals surface area contributed by atoms with Crippen molar-refractivity contribution < 1.29 is 9.53 Å². The summed E-state index contributed by atoms with van der Waals surface area (Å²) >= 11 is 0. The number of ether oxygens (including phenoxy) is 1. The minimum absolute atomic E-state index is 0.125. The Bertz CT molecular complexity index is 1170. The summed E-state index contributed by atoms with van der Waals surface area (Å²) in [5, 5.41) is 15.1. The van der Waals surface area contributed by atoms with E-state index in [1.165, 1.54) is 4.68 Å². The number of hydrogen-bond acceptors (Lipinski definition) is 7. The average molecular weight is 409 g/mol. The summed E-state index contributed by atoms with van der Waals surface area (Å²) in [6, 6.07) is 5.10. The Morgan fingerprint density at radius 2 is 2.10 bits per heavy atom. The predicted molar refractivity (Wildman–Crippen MR) is 110 cm³/mol. The summed E-state index contributed by atoms with van der Waals surface area (Å²) in [5.74, 6) is -0.200. The van der Waals surface area contributed by atoms with Crippen LogP contribution in [0.2, 0.25) is 0 Å². The normalized spacial score (nSPS) is 17.2. The van der Waals surface area contributed by atoms with Crippen molar-refractivity contribution in [3.8, 4) is 0 Å². The minimum atomic E-state index is -0.325. The summed E-state index contributed by atoms with van der Waals surface area (Å²) in [7, 11) is 0. The third-order valence-corrected chi connectivity index (χ3v) is 5.63. The number of nitrogens with one attached hydrogen (secondary N) is 1. The Morgan fingerprint density at radius 3 is 2.80 bits per heavy atom. The molecule has 3 aromatic heterocycles. The second kappa shape index (κ2) is 6.91. The molecule has 30 heavy (non-hydrogen) atoms. The number of carbonyl (C=O) groups excluding carboxylic acids is 1. The van der Waals surface area contributed by atoms with Crippen LogP contribution in [0.25, 0.3) is 5.65 Å². The summed E-state index contributed by atoms with van der Waals surface area (Å²) < 4.78 is 8.27. The van der Waals surface area contributed by atoms with Gasteiger partial charge in [-0.05, 0) is 18.1 Å². The summed E-state index contributed by atoms with van der Waals surface area (Å²) in [6.45, 7) is 7.25. The van der Waals surface area contributed by atoms with Crippen LogP contribution in [-0.2, 0) is 16.1 Å². The highest BCUT2D eigenvalue weighted by Gasteiger charge is 2.49. The largest absolute Gasteiger partial charge is 0.380 e. The van der Waals surface area contributed by atoms with Crippen LogP contribution in [0.5, 0.6) is 0 Å². The van der Waals surface area contributed by atoms with Gasteiger partial charge in [0.25, 0.3) is 5.56 Å². The number of rotatable bonds is 5. The molecule has 0 unspecified atom stereocenters. The molecule has 3 aromatic rings. The first-order valence-corrected chi connectivity index (χ1v) is 9.96. The average Bonchev–Trinajstić information content (AvgIpc) is 3.09. The first kappa shape index (κ1) is 18.7. The first-order valence-electron chi connectivity index (χ1n) is 9.96. The molecule has 1 N–H and O–H groups in total. The molecule has 0 saturated carbocycles. The van der Waals surface area contributed by atoms with Gasteiger partial charge in [-0.15, -0.1) is 10.2 Å². The van der Waals surface area contributed by atoms with Gasteiger partial charge in [-0.1, -0.05) is 13.8 Å². The fourth-order valence-corrected chi connectivity index (χ4v) is 4.02. The van der Waals surface area contributed by atoms with Crippen LogP contribution < -0.4 is 15.8 Å². The molecule has 2 fully saturated rings. The Kier molecular flexibility index (Phi) is 4.31. The van der Waals surface area contributed by atoms with Crippen molar-refractivity contribution in [3.05, 3.63) is 46.8 Å². The van der Waals surface area contributed by atoms with Gasteiger partial charge in [0.05, 0.1) is 35.7 Å². The zero-order valence-corrected chi connectivity index (χ0v) is 16.9. The highest BCUT2D eigenvalue weighted by Crippen LogP contribution is 2.41. The Hall–Kier alpha value is -3.27. The molecule has 1 spiro atoms. The number of carbonyl (C=O) groups is 1. The maximum Gasteiger partial charge on any atom is 0.269 e. The maximum atomic E-state index is 12.7. The number of anilines is 2. The zero-order chi connectivity index (χ0) is 20.9. The molecule has 10 nitrogen and oxygen atoms in total. The predicted octanol–water partition coefficient (Wildman–Crippen LogP) is 0.885. The third-order valence-electron chi connectivity index (χ3n) is 5.63. The number of hydrogen-bond donors (Lipinski definition) is 1. The van der Waals surface area contributed by atoms with Crippen molar-refractivity contribution in [2.45, 2.75) is 26.3 Å². The first-order chi connectivity index (χ1) is 14.4. The van der Waals surface area contributed by atoms with Gasteiger partial charge in [-0.25, -0.2) is 4.68 Å². The van der Waals surface area contributed by atoms with E-state index in [1.807, 2.05) is 13.8 Å². The molecular weight excluding hydrogens is 386 g/mol. The van der Waals surface area contributed by atoms with Crippen molar-refractivity contribution in [1.29, 1.82) is 0 Å². The van der Waals surface area contributed by atoms with Crippen LogP contribution in [0.1, 0.15) is 25.5 Å². The molecule has 0 aromatic carbocycles. The minimum Gasteiger partial charge on any atom is -0.380 e. The standard InChI is InChI=1S/C20H23N7O3/c1-13(2)19-15(26-8-20(9-26)10-30-11-20)5-18(29)27(24-19)7-17(28)22-14-3-4-16-23-21-12-25(16)6-14/h3-6,12-13H,7-11H2,1-2H3,(H,22,28). The van der Waals surface area contributed by atoms with Crippen LogP contribution in [0.3, 0.4) is 0 Å². The molecule has 1 amide bonds. The number of pyridine rings is 1. The van der Waals surface area contributed by atoms with E-state index in [-0.39, 0.29) is 29.3 Å². The molecule has 5 rings (SSSR count). The van der Waals surface area contributed by atoms with E-state index < -0.39 is 0 Å². The third kappa shape index (κ3) is 3.22. The molecule has 10 heteroatoms. The van der Waals surface area contributed by atoms with Gasteiger partial charge in [0.15, 0.2) is 5.65 Å². The monoisotopic (exact) mass is 409 g/mol. The van der Waals surface area contributed by atoms with Crippen LogP contribution in [0.4, 0.5) is 11.4 Å². The van der Waals surface area contributed by atoms with Gasteiger partial charge < -0.3 is 15.0 Å². The Morgan fingerprint density at radius 1 is 1.30 bits per heavy atom. The second-order valence-corrected chi connectivity index (χ2v) is 8.48. The van der Waals surface area contributed by atoms with Gasteiger partial charge in [0, 0.05) is 25.4 Å². The molecule has 0 atom stereocenters. The number of amides is 1. The lowest BCUT2D eigenvalue weighted by Crippen LogP contribution is -2.66. The van der Waals surface area contributed by atoms with Gasteiger partial charge in [0.2, 0.25) is 5.91 Å². The van der Waals surface area contributed by atoms with E-state index in [4.69, 9.17) is 4.74 Å². The smallest absolute Gasteiger partial charge is 0.269 e. The number of nitrogens with zero attached hydrogens (tertiary/aromatic N) is 6. The molecule has 0 aliphatic carbocycles. The molecule has 156 valence electrons. The summed E-state index contributed by atoms with van der Waals surface area (Å²) in [4.78, 5) is 27.4. The van der Waals surface area contributed by atoms with E-state index in [0.29, 0.717) is 11.3 Å². The van der Waals surface area contributed by atoms with Crippen molar-refractivity contribution in [2.75, 3.05) is 36.5 Å². The molecule has 0 radical (unpaired) electrons. The molecule has 0 bridgehead atoms. The number of aromatic nitrogens is 5. The van der Waals surface area contributed by atoms with Crippen molar-refractivity contribution >= 4 is 22.9 Å². The van der Waals surface area contributed by atoms with Gasteiger partial charge >= 0.3 is 0 Å². The lowest BCUT2D eigenvalue weighted by molar-refractivity contribution is -0.127. The Labute approximate surface area is 172 Å². The van der Waals surface area contributed by atoms with Gasteiger partial charge in [-0.2, -0.15) is 5.10 Å². The van der Waals surface area contributed by atoms with E-state index in [9.17, 15) is 9.59 Å². The number of fused-ring (bicyclic) bond motifs is 1. The maximum absolute atomic E-state index is 12.7. The molecular formula is C20H23N7O3. The van der Waals surface area contributed by atoms with Gasteiger partial charge in [-0.3, -0.25) is 14.0 Å². The quantitative estimate of drug-likeness (QED) is 0.667. The topological polar surface area (TPSA) is 107 Å². The molecule has 2 aliphatic rings. The van der Waals surface area contributed by atoms with Crippen LogP contribution in [0, 0.1) is 5.41 Å². The van der Waals surface area contributed by atoms with E-state index in [0.717, 1.165) is 37.7 Å². The van der Waals surface area contributed by atoms with Crippen LogP contribution >= 0.6 is 0 Å². The van der Waals surface area contributed by atoms with Crippen molar-refractivity contribution in [1.82, 2.24) is 24.4 Å². The van der Waals surface area contributed by atoms with Crippen LogP contribution in [0.15, 0.2) is 35.5 Å². The lowest BCUT2D eigenvalue weighted by atomic mass is 9.77.